The minimum absolute atomic E-state index is 0.0406. The minimum atomic E-state index is -3.69. The van der Waals surface area contributed by atoms with Gasteiger partial charge in [0.05, 0.1) is 36.4 Å². The molecule has 1 unspecified atom stereocenters. The number of piperazine rings is 1. The fourth-order valence-electron chi connectivity index (χ4n) is 5.31. The van der Waals surface area contributed by atoms with Gasteiger partial charge in [-0.1, -0.05) is 36.7 Å². The molecule has 3 fully saturated rings. The van der Waals surface area contributed by atoms with Crippen LogP contribution in [0, 0.1) is 5.41 Å². The molecular weight excluding hydrogens is 608 g/mol. The summed E-state index contributed by atoms with van der Waals surface area (Å²) in [7, 11) is -3.69. The predicted octanol–water partition coefficient (Wildman–Crippen LogP) is 4.01. The Balaban J connectivity index is 1.15. The van der Waals surface area contributed by atoms with Gasteiger partial charge in [0, 0.05) is 43.0 Å². The molecule has 13 heteroatoms. The lowest BCUT2D eigenvalue weighted by atomic mass is 10.1. The summed E-state index contributed by atoms with van der Waals surface area (Å²) in [6.45, 7) is 4.22. The van der Waals surface area contributed by atoms with Crippen LogP contribution in [0.3, 0.4) is 0 Å². The second-order valence-corrected chi connectivity index (χ2v) is 14.3. The maximum Gasteiger partial charge on any atom is 0.340 e. The highest BCUT2D eigenvalue weighted by Gasteiger charge is 2.39. The highest BCUT2D eigenvalue weighted by molar-refractivity contribution is 7.88. The number of halogens is 1. The van der Waals surface area contributed by atoms with Gasteiger partial charge in [0.1, 0.15) is 5.69 Å². The minimum Gasteiger partial charge on any atom is -0.486 e. The third-order valence-corrected chi connectivity index (χ3v) is 10.3. The number of anilines is 1. The molecule has 1 saturated carbocycles. The van der Waals surface area contributed by atoms with E-state index in [9.17, 15) is 18.0 Å². The summed E-state index contributed by atoms with van der Waals surface area (Å²) < 4.78 is 46.4. The van der Waals surface area contributed by atoms with E-state index in [0.29, 0.717) is 54.7 Å². The molecule has 0 radical (unpaired) electrons. The van der Waals surface area contributed by atoms with Gasteiger partial charge in [-0.25, -0.2) is 13.2 Å². The first kappa shape index (κ1) is 30.6. The highest BCUT2D eigenvalue weighted by atomic mass is 35.5. The average molecular weight is 643 g/mol. The number of sulfonamides is 1. The smallest absolute Gasteiger partial charge is 0.340 e. The summed E-state index contributed by atoms with van der Waals surface area (Å²) >= 11 is 6.16. The molecule has 1 aromatic heterocycles. The molecule has 3 aromatic rings. The average Bonchev–Trinajstić information content (AvgIpc) is 3.52. The van der Waals surface area contributed by atoms with Crippen LogP contribution in [0.5, 0.6) is 5.75 Å². The number of aromatic nitrogens is 2. The Bertz CT molecular complexity index is 1700. The van der Waals surface area contributed by atoms with Crippen LogP contribution in [0.25, 0.3) is 5.69 Å². The molecule has 2 aliphatic heterocycles. The molecule has 1 aliphatic carbocycles. The second kappa shape index (κ2) is 12.5. The van der Waals surface area contributed by atoms with Crippen LogP contribution >= 0.6 is 11.6 Å². The highest BCUT2D eigenvalue weighted by Crippen LogP contribution is 2.45. The number of hydrogen-bond donors (Lipinski definition) is 0. The van der Waals surface area contributed by atoms with Gasteiger partial charge < -0.3 is 19.1 Å². The van der Waals surface area contributed by atoms with Gasteiger partial charge in [-0.15, -0.1) is 0 Å². The van der Waals surface area contributed by atoms with E-state index >= 15 is 0 Å². The molecule has 0 N–H and O–H groups in total. The Morgan fingerprint density at radius 1 is 1.11 bits per heavy atom. The number of rotatable bonds is 10. The van der Waals surface area contributed by atoms with Crippen molar-refractivity contribution in [3.05, 3.63) is 81.2 Å². The molecule has 3 heterocycles. The molecular formula is C31H35ClN4O7S. The zero-order valence-electron chi connectivity index (χ0n) is 24.5. The zero-order valence-corrected chi connectivity index (χ0v) is 26.1. The quantitative estimate of drug-likeness (QED) is 0.302. The Hall–Kier alpha value is -3.45. The third kappa shape index (κ3) is 6.93. The molecule has 6 rings (SSSR count). The van der Waals surface area contributed by atoms with Gasteiger partial charge in [-0.05, 0) is 55.2 Å². The van der Waals surface area contributed by atoms with Gasteiger partial charge in [0.25, 0.3) is 0 Å². The molecule has 1 atom stereocenters. The van der Waals surface area contributed by atoms with E-state index < -0.39 is 27.8 Å². The maximum absolute atomic E-state index is 13.6. The number of ether oxygens (including phenoxy) is 3. The summed E-state index contributed by atoms with van der Waals surface area (Å²) in [5, 5.41) is 4.89. The van der Waals surface area contributed by atoms with Gasteiger partial charge >= 0.3 is 11.5 Å². The fraction of sp³-hybridized carbons (Fsp3) is 0.452. The Morgan fingerprint density at radius 2 is 1.89 bits per heavy atom. The van der Waals surface area contributed by atoms with Crippen LogP contribution in [0.15, 0.2) is 59.5 Å². The van der Waals surface area contributed by atoms with Crippen molar-refractivity contribution in [1.82, 2.24) is 14.1 Å². The van der Waals surface area contributed by atoms with E-state index in [4.69, 9.17) is 25.8 Å². The lowest BCUT2D eigenvalue weighted by Gasteiger charge is -2.35. The largest absolute Gasteiger partial charge is 0.486 e. The van der Waals surface area contributed by atoms with E-state index in [1.165, 1.54) is 8.99 Å². The number of hydrogen-bond acceptors (Lipinski definition) is 9. The molecule has 2 aromatic carbocycles. The SMILES string of the molecule is CC1(COc2c(N3CCN(S(=O)(=O)Cc4cccc(C(=O)OC5CCCO5)c4)CC3)cnn(-c3cccc(Cl)c3)c2=O)CC1. The molecule has 11 nitrogen and oxygen atoms in total. The molecule has 234 valence electrons. The van der Waals surface area contributed by atoms with E-state index in [1.54, 1.807) is 54.7 Å². The van der Waals surface area contributed by atoms with Crippen molar-refractivity contribution >= 4 is 33.3 Å². The van der Waals surface area contributed by atoms with Crippen LogP contribution < -0.4 is 15.2 Å². The topological polar surface area (TPSA) is 120 Å². The molecule has 3 aliphatic rings. The number of nitrogens with zero attached hydrogens (tertiary/aromatic N) is 4. The van der Waals surface area contributed by atoms with Crippen LogP contribution in [0.2, 0.25) is 5.02 Å². The first-order valence-corrected chi connectivity index (χ1v) is 16.7. The van der Waals surface area contributed by atoms with Crippen molar-refractivity contribution in [2.75, 3.05) is 44.3 Å². The fourth-order valence-corrected chi connectivity index (χ4v) is 7.00. The monoisotopic (exact) mass is 642 g/mol. The Kier molecular flexibility index (Phi) is 8.69. The van der Waals surface area contributed by atoms with E-state index in [-0.39, 0.29) is 35.6 Å². The van der Waals surface area contributed by atoms with Crippen LogP contribution in [0.1, 0.15) is 48.5 Å². The standard InChI is InChI=1S/C31H35ClN4O7S/c1-31(10-11-31)21-42-28-26(19-33-36(29(28)37)25-8-3-7-24(32)18-25)34-12-14-35(15-13-34)44(39,40)20-22-5-2-6-23(17-22)30(38)43-27-9-4-16-41-27/h2-3,5-8,17-19,27H,4,9-16,20-21H2,1H3. The van der Waals surface area contributed by atoms with Gasteiger partial charge in [-0.3, -0.25) is 4.79 Å². The van der Waals surface area contributed by atoms with Crippen molar-refractivity contribution in [3.63, 3.8) is 0 Å². The molecule has 0 spiro atoms. The zero-order chi connectivity index (χ0) is 30.9. The van der Waals surface area contributed by atoms with Crippen molar-refractivity contribution in [3.8, 4) is 11.4 Å². The summed E-state index contributed by atoms with van der Waals surface area (Å²) in [4.78, 5) is 28.1. The van der Waals surface area contributed by atoms with E-state index in [1.807, 2.05) is 4.90 Å². The lowest BCUT2D eigenvalue weighted by Crippen LogP contribution is -2.49. The van der Waals surface area contributed by atoms with Crippen LogP contribution in [-0.2, 0) is 25.2 Å². The van der Waals surface area contributed by atoms with Crippen molar-refractivity contribution in [1.29, 1.82) is 0 Å². The first-order chi connectivity index (χ1) is 21.1. The Morgan fingerprint density at radius 3 is 2.59 bits per heavy atom. The second-order valence-electron chi connectivity index (χ2n) is 11.8. The van der Waals surface area contributed by atoms with Crippen molar-refractivity contribution in [2.24, 2.45) is 5.41 Å². The number of esters is 1. The van der Waals surface area contributed by atoms with Gasteiger partial charge in [0.15, 0.2) is 0 Å². The summed E-state index contributed by atoms with van der Waals surface area (Å²) in [5.41, 5.74) is 1.47. The van der Waals surface area contributed by atoms with Crippen LogP contribution in [0.4, 0.5) is 5.69 Å². The van der Waals surface area contributed by atoms with Crippen molar-refractivity contribution in [2.45, 2.75) is 44.6 Å². The summed E-state index contributed by atoms with van der Waals surface area (Å²) in [5.74, 6) is -0.599. The maximum atomic E-state index is 13.6. The summed E-state index contributed by atoms with van der Waals surface area (Å²) in [6, 6.07) is 13.4. The lowest BCUT2D eigenvalue weighted by molar-refractivity contribution is -0.0775. The van der Waals surface area contributed by atoms with Gasteiger partial charge in [0.2, 0.25) is 22.1 Å². The first-order valence-electron chi connectivity index (χ1n) is 14.8. The van der Waals surface area contributed by atoms with E-state index in [0.717, 1.165) is 19.3 Å². The predicted molar refractivity (Wildman–Crippen MR) is 165 cm³/mol. The number of carbonyl (C=O) groups is 1. The number of benzene rings is 2. The Labute approximate surface area is 261 Å². The van der Waals surface area contributed by atoms with Crippen LogP contribution in [-0.4, -0.2) is 74.2 Å². The summed E-state index contributed by atoms with van der Waals surface area (Å²) in [6.07, 6.45) is 4.58. The molecule has 44 heavy (non-hydrogen) atoms. The van der Waals surface area contributed by atoms with E-state index in [2.05, 4.69) is 12.0 Å². The van der Waals surface area contributed by atoms with Gasteiger partial charge in [-0.2, -0.15) is 14.1 Å². The molecule has 0 bridgehead atoms. The third-order valence-electron chi connectivity index (χ3n) is 8.25. The molecule has 2 saturated heterocycles. The normalized spacial score (nSPS) is 20.0. The van der Waals surface area contributed by atoms with Crippen molar-refractivity contribution < 1.29 is 27.4 Å². The molecule has 0 amide bonds. The number of carbonyl (C=O) groups excluding carboxylic acids is 1.